The largest absolute Gasteiger partial charge is 0.502 e. The first-order chi connectivity index (χ1) is 16.0. The highest BCUT2D eigenvalue weighted by molar-refractivity contribution is 5.71. The highest BCUT2D eigenvalue weighted by Crippen LogP contribution is 2.28. The molecule has 2 N–H and O–H groups in total. The summed E-state index contributed by atoms with van der Waals surface area (Å²) in [6, 6.07) is 14.8. The Kier molecular flexibility index (Phi) is 9.34. The van der Waals surface area contributed by atoms with Crippen molar-refractivity contribution in [3.05, 3.63) is 78.7 Å². The normalized spacial score (nSPS) is 17.0. The van der Waals surface area contributed by atoms with Crippen molar-refractivity contribution in [2.75, 3.05) is 38.6 Å². The van der Waals surface area contributed by atoms with E-state index in [1.54, 1.807) is 7.11 Å². The minimum atomic E-state index is 0.175. The molecule has 1 atom stereocenters. The van der Waals surface area contributed by atoms with Crippen LogP contribution >= 0.6 is 0 Å². The lowest BCUT2D eigenvalue weighted by Crippen LogP contribution is -2.41. The van der Waals surface area contributed by atoms with Crippen molar-refractivity contribution in [2.24, 2.45) is 5.92 Å². The van der Waals surface area contributed by atoms with Crippen LogP contribution in [0.25, 0.3) is 5.70 Å². The summed E-state index contributed by atoms with van der Waals surface area (Å²) in [6.45, 7) is 17.3. The minimum Gasteiger partial charge on any atom is -0.502 e. The lowest BCUT2D eigenvalue weighted by Gasteiger charge is -2.33. The Balaban J connectivity index is 1.77. The molecule has 0 spiro atoms. The molecule has 0 bridgehead atoms. The van der Waals surface area contributed by atoms with Gasteiger partial charge in [0.2, 0.25) is 0 Å². The maximum Gasteiger partial charge on any atom is 0.135 e. The van der Waals surface area contributed by atoms with Gasteiger partial charge in [-0.15, -0.1) is 0 Å². The number of hydrogen-bond acceptors (Lipinski definition) is 6. The van der Waals surface area contributed by atoms with Crippen LogP contribution in [-0.4, -0.2) is 54.2 Å². The molecule has 33 heavy (non-hydrogen) atoms. The maximum absolute atomic E-state index is 5.43. The highest BCUT2D eigenvalue weighted by Gasteiger charge is 2.27. The van der Waals surface area contributed by atoms with Gasteiger partial charge in [0, 0.05) is 62.6 Å². The van der Waals surface area contributed by atoms with Gasteiger partial charge >= 0.3 is 0 Å². The van der Waals surface area contributed by atoms with Crippen molar-refractivity contribution in [2.45, 2.75) is 39.3 Å². The van der Waals surface area contributed by atoms with Crippen LogP contribution < -0.4 is 10.7 Å². The summed E-state index contributed by atoms with van der Waals surface area (Å²) in [6.07, 6.45) is 3.67. The summed E-state index contributed by atoms with van der Waals surface area (Å²) in [5.41, 5.74) is 6.95. The molecule has 1 saturated heterocycles. The molecule has 1 aliphatic rings. The van der Waals surface area contributed by atoms with Crippen LogP contribution in [0.5, 0.6) is 0 Å². The summed E-state index contributed by atoms with van der Waals surface area (Å²) >= 11 is 0. The zero-order valence-electron chi connectivity index (χ0n) is 20.4. The molecule has 2 heterocycles. The Hall–Kier alpha value is -2.83. The summed E-state index contributed by atoms with van der Waals surface area (Å²) in [5.74, 6) is 2.31. The van der Waals surface area contributed by atoms with Crippen molar-refractivity contribution < 1.29 is 4.74 Å². The SMILES string of the molecule is C=C(CC1CNN(Cc2ccccc2)CCN1C(=C)c1cccnc1NCCC(C)C)OC. The molecule has 0 saturated carbocycles. The number of nitrogens with one attached hydrogen (secondary N) is 2. The third-order valence-electron chi connectivity index (χ3n) is 6.05. The smallest absolute Gasteiger partial charge is 0.135 e. The van der Waals surface area contributed by atoms with Gasteiger partial charge in [-0.3, -0.25) is 5.43 Å². The van der Waals surface area contributed by atoms with E-state index >= 15 is 0 Å². The Morgan fingerprint density at radius 1 is 1.18 bits per heavy atom. The quantitative estimate of drug-likeness (QED) is 0.483. The molecule has 6 heteroatoms. The van der Waals surface area contributed by atoms with Crippen LogP contribution in [0.3, 0.4) is 0 Å². The second-order valence-corrected chi connectivity index (χ2v) is 9.02. The number of anilines is 1. The predicted molar refractivity (Wildman–Crippen MR) is 137 cm³/mol. The number of pyridine rings is 1. The van der Waals surface area contributed by atoms with E-state index in [4.69, 9.17) is 4.74 Å². The first-order valence-corrected chi connectivity index (χ1v) is 11.9. The van der Waals surface area contributed by atoms with Gasteiger partial charge in [0.15, 0.2) is 0 Å². The van der Waals surface area contributed by atoms with Crippen LogP contribution in [0.1, 0.15) is 37.8 Å². The fraction of sp³-hybridized carbons (Fsp3) is 0.444. The van der Waals surface area contributed by atoms with E-state index in [0.29, 0.717) is 5.92 Å². The zero-order valence-corrected chi connectivity index (χ0v) is 20.4. The van der Waals surface area contributed by atoms with Crippen LogP contribution in [0.2, 0.25) is 0 Å². The van der Waals surface area contributed by atoms with Gasteiger partial charge in [0.1, 0.15) is 5.82 Å². The third kappa shape index (κ3) is 7.34. The Morgan fingerprint density at radius 3 is 2.70 bits per heavy atom. The Bertz CT molecular complexity index is 898. The van der Waals surface area contributed by atoms with Crippen molar-refractivity contribution in [3.8, 4) is 0 Å². The van der Waals surface area contributed by atoms with E-state index < -0.39 is 0 Å². The number of hydrazine groups is 1. The van der Waals surface area contributed by atoms with Gasteiger partial charge in [-0.05, 0) is 30.0 Å². The number of rotatable bonds is 11. The van der Waals surface area contributed by atoms with E-state index in [1.807, 2.05) is 12.3 Å². The second kappa shape index (κ2) is 12.4. The first-order valence-electron chi connectivity index (χ1n) is 11.9. The number of methoxy groups -OCH3 is 1. The van der Waals surface area contributed by atoms with E-state index in [0.717, 1.165) is 68.4 Å². The summed E-state index contributed by atoms with van der Waals surface area (Å²) < 4.78 is 5.43. The molecule has 1 aromatic heterocycles. The molecule has 2 aromatic rings. The van der Waals surface area contributed by atoms with Crippen molar-refractivity contribution in [3.63, 3.8) is 0 Å². The van der Waals surface area contributed by atoms with Gasteiger partial charge < -0.3 is 15.0 Å². The van der Waals surface area contributed by atoms with Crippen molar-refractivity contribution >= 4 is 11.5 Å². The molecule has 0 radical (unpaired) electrons. The molecular weight excluding hydrogens is 410 g/mol. The number of nitrogens with zero attached hydrogens (tertiary/aromatic N) is 3. The second-order valence-electron chi connectivity index (χ2n) is 9.02. The van der Waals surface area contributed by atoms with Crippen LogP contribution in [0.15, 0.2) is 67.6 Å². The fourth-order valence-electron chi connectivity index (χ4n) is 4.07. The summed E-state index contributed by atoms with van der Waals surface area (Å²) in [5, 5.41) is 5.81. The van der Waals surface area contributed by atoms with E-state index in [1.165, 1.54) is 5.56 Å². The monoisotopic (exact) mass is 449 g/mol. The van der Waals surface area contributed by atoms with E-state index in [2.05, 4.69) is 89.0 Å². The maximum atomic E-state index is 5.43. The molecular formula is C27H39N5O. The lowest BCUT2D eigenvalue weighted by molar-refractivity contribution is 0.193. The average molecular weight is 450 g/mol. The van der Waals surface area contributed by atoms with E-state index in [9.17, 15) is 0 Å². The molecule has 6 nitrogen and oxygen atoms in total. The van der Waals surface area contributed by atoms with Gasteiger partial charge in [-0.2, -0.15) is 0 Å². The fourth-order valence-corrected chi connectivity index (χ4v) is 4.07. The predicted octanol–water partition coefficient (Wildman–Crippen LogP) is 4.75. The molecule has 0 amide bonds. The van der Waals surface area contributed by atoms with Gasteiger partial charge in [0.05, 0.1) is 12.9 Å². The molecule has 3 rings (SSSR count). The number of benzene rings is 1. The van der Waals surface area contributed by atoms with Gasteiger partial charge in [-0.1, -0.05) is 57.3 Å². The summed E-state index contributed by atoms with van der Waals surface area (Å²) in [7, 11) is 1.69. The molecule has 178 valence electrons. The van der Waals surface area contributed by atoms with Gasteiger partial charge in [0.25, 0.3) is 0 Å². The van der Waals surface area contributed by atoms with Crippen LogP contribution in [-0.2, 0) is 11.3 Å². The zero-order chi connectivity index (χ0) is 23.6. The average Bonchev–Trinajstić information content (AvgIpc) is 3.01. The number of aromatic nitrogens is 1. The molecule has 1 aromatic carbocycles. The molecule has 0 aliphatic carbocycles. The Labute approximate surface area is 199 Å². The molecule has 1 unspecified atom stereocenters. The molecule has 1 aliphatic heterocycles. The van der Waals surface area contributed by atoms with Crippen LogP contribution in [0.4, 0.5) is 5.82 Å². The van der Waals surface area contributed by atoms with Crippen LogP contribution in [0, 0.1) is 5.92 Å². The third-order valence-corrected chi connectivity index (χ3v) is 6.05. The minimum absolute atomic E-state index is 0.175. The van der Waals surface area contributed by atoms with E-state index in [-0.39, 0.29) is 6.04 Å². The van der Waals surface area contributed by atoms with Crippen molar-refractivity contribution in [1.29, 1.82) is 0 Å². The number of hydrogen-bond donors (Lipinski definition) is 2. The Morgan fingerprint density at radius 2 is 1.97 bits per heavy atom. The highest BCUT2D eigenvalue weighted by atomic mass is 16.5. The topological polar surface area (TPSA) is 52.7 Å². The standard InChI is InChI=1S/C27H39N5O/c1-21(2)13-15-29-27-26(12-9-14-28-27)23(4)32-17-16-31(20-24-10-7-6-8-11-24)30-19-25(32)18-22(3)33-5/h6-12,14,21,25,30H,3-4,13,15-20H2,1-2,5H3,(H,28,29). The lowest BCUT2D eigenvalue weighted by atomic mass is 10.1. The van der Waals surface area contributed by atoms with Gasteiger partial charge in [-0.25, -0.2) is 9.99 Å². The first kappa shape index (κ1) is 24.8. The summed E-state index contributed by atoms with van der Waals surface area (Å²) in [4.78, 5) is 7.00. The molecule has 1 fully saturated rings. The number of ether oxygens (including phenoxy) is 1. The van der Waals surface area contributed by atoms with Crippen molar-refractivity contribution in [1.82, 2.24) is 20.3 Å².